The van der Waals surface area contributed by atoms with Gasteiger partial charge < -0.3 is 9.80 Å². The zero-order valence-electron chi connectivity index (χ0n) is 16.1. The minimum atomic E-state index is -3.95. The smallest absolute Gasteiger partial charge is 0.243 e. The van der Waals surface area contributed by atoms with Gasteiger partial charge in [0.15, 0.2) is 0 Å². The van der Waals surface area contributed by atoms with Crippen LogP contribution in [0.3, 0.4) is 0 Å². The van der Waals surface area contributed by atoms with Gasteiger partial charge in [-0.25, -0.2) is 12.8 Å². The molecule has 9 heteroatoms. The molecule has 0 bridgehead atoms. The molecule has 3 rings (SSSR count). The Morgan fingerprint density at radius 1 is 1.03 bits per heavy atom. The number of hydrogen-bond acceptors (Lipinski definition) is 4. The molecule has 0 unspecified atom stereocenters. The lowest BCUT2D eigenvalue weighted by atomic mass is 10.2. The Labute approximate surface area is 175 Å². The van der Waals surface area contributed by atoms with E-state index in [9.17, 15) is 17.6 Å². The van der Waals surface area contributed by atoms with Crippen molar-refractivity contribution < 1.29 is 17.6 Å². The van der Waals surface area contributed by atoms with E-state index < -0.39 is 15.8 Å². The highest BCUT2D eigenvalue weighted by molar-refractivity contribution is 7.89. The number of piperazine rings is 1. The summed E-state index contributed by atoms with van der Waals surface area (Å²) in [6.45, 7) is 2.28. The molecule has 0 spiro atoms. The van der Waals surface area contributed by atoms with E-state index in [-0.39, 0.29) is 23.9 Å². The Balaban J connectivity index is 1.85. The second-order valence-electron chi connectivity index (χ2n) is 7.04. The predicted molar refractivity (Wildman–Crippen MR) is 110 cm³/mol. The number of rotatable bonds is 6. The first-order valence-corrected chi connectivity index (χ1v) is 11.0. The van der Waals surface area contributed by atoms with Gasteiger partial charge in [0.2, 0.25) is 15.9 Å². The predicted octanol–water partition coefficient (Wildman–Crippen LogP) is 2.44. The van der Waals surface area contributed by atoms with Crippen molar-refractivity contribution in [3.8, 4) is 0 Å². The molecule has 0 N–H and O–H groups in total. The molecule has 156 valence electrons. The fourth-order valence-corrected chi connectivity index (χ4v) is 4.59. The molecule has 6 nitrogen and oxygen atoms in total. The number of carbonyl (C=O) groups is 1. The lowest BCUT2D eigenvalue weighted by Gasteiger charge is -2.33. The molecule has 1 aliphatic rings. The van der Waals surface area contributed by atoms with Crippen LogP contribution in [-0.4, -0.2) is 68.2 Å². The molecule has 2 aromatic rings. The Hall–Kier alpha value is -2.00. The molecule has 1 aliphatic heterocycles. The van der Waals surface area contributed by atoms with E-state index in [1.807, 2.05) is 7.05 Å². The highest BCUT2D eigenvalue weighted by atomic mass is 35.5. The number of likely N-dealkylation sites (N-methyl/N-ethyl adjacent to an activating group) is 1. The number of benzene rings is 2. The maximum Gasteiger partial charge on any atom is 0.243 e. The molecule has 1 amide bonds. The van der Waals surface area contributed by atoms with Gasteiger partial charge >= 0.3 is 0 Å². The second kappa shape index (κ2) is 9.21. The largest absolute Gasteiger partial charge is 0.339 e. The van der Waals surface area contributed by atoms with Gasteiger partial charge in [-0.1, -0.05) is 23.7 Å². The summed E-state index contributed by atoms with van der Waals surface area (Å²) in [6.07, 6.45) is 0. The van der Waals surface area contributed by atoms with Crippen LogP contribution in [0.25, 0.3) is 0 Å². The first-order valence-electron chi connectivity index (χ1n) is 9.22. The van der Waals surface area contributed by atoms with Gasteiger partial charge in [0.25, 0.3) is 0 Å². The van der Waals surface area contributed by atoms with Gasteiger partial charge in [-0.3, -0.25) is 4.79 Å². The second-order valence-corrected chi connectivity index (χ2v) is 9.41. The number of hydrogen-bond donors (Lipinski definition) is 0. The van der Waals surface area contributed by atoms with Gasteiger partial charge in [0, 0.05) is 37.7 Å². The van der Waals surface area contributed by atoms with E-state index in [1.54, 1.807) is 4.90 Å². The van der Waals surface area contributed by atoms with Gasteiger partial charge in [0.05, 0.1) is 11.4 Å². The molecule has 0 saturated carbocycles. The Morgan fingerprint density at radius 2 is 1.62 bits per heavy atom. The molecule has 0 aromatic heterocycles. The van der Waals surface area contributed by atoms with Crippen molar-refractivity contribution in [1.29, 1.82) is 0 Å². The van der Waals surface area contributed by atoms with Gasteiger partial charge in [-0.2, -0.15) is 4.31 Å². The van der Waals surface area contributed by atoms with E-state index in [2.05, 4.69) is 4.90 Å². The van der Waals surface area contributed by atoms with Crippen molar-refractivity contribution in [3.63, 3.8) is 0 Å². The summed E-state index contributed by atoms with van der Waals surface area (Å²) < 4.78 is 40.8. The van der Waals surface area contributed by atoms with Crippen LogP contribution in [0, 0.1) is 5.82 Å². The fourth-order valence-electron chi connectivity index (χ4n) is 3.08. The summed E-state index contributed by atoms with van der Waals surface area (Å²) in [5.74, 6) is -0.660. The molecule has 29 heavy (non-hydrogen) atoms. The molecule has 2 aromatic carbocycles. The summed E-state index contributed by atoms with van der Waals surface area (Å²) in [7, 11) is -1.97. The molecule has 1 fully saturated rings. The van der Waals surface area contributed by atoms with Crippen LogP contribution in [0.15, 0.2) is 53.4 Å². The van der Waals surface area contributed by atoms with E-state index in [4.69, 9.17) is 11.6 Å². The van der Waals surface area contributed by atoms with E-state index in [0.29, 0.717) is 23.7 Å². The Kier molecular flexibility index (Phi) is 6.89. The number of nitrogens with zero attached hydrogens (tertiary/aromatic N) is 3. The number of halogens is 2. The van der Waals surface area contributed by atoms with Crippen LogP contribution < -0.4 is 0 Å². The van der Waals surface area contributed by atoms with Crippen LogP contribution in [-0.2, 0) is 21.4 Å². The quantitative estimate of drug-likeness (QED) is 0.693. The van der Waals surface area contributed by atoms with E-state index >= 15 is 0 Å². The number of amides is 1. The Bertz CT molecular complexity index is 944. The van der Waals surface area contributed by atoms with Crippen molar-refractivity contribution in [3.05, 3.63) is 64.9 Å². The standard InChI is InChI=1S/C20H23ClFN3O3S/c1-23-10-12-24(13-11-23)20(26)15-25(14-16-2-6-18(22)7-3-16)29(27,28)19-8-4-17(21)5-9-19/h2-9H,10-15H2,1H3. The number of carbonyl (C=O) groups excluding carboxylic acids is 1. The highest BCUT2D eigenvalue weighted by Crippen LogP contribution is 2.21. The molecule has 1 saturated heterocycles. The summed E-state index contributed by atoms with van der Waals surface area (Å²) in [6, 6.07) is 11.4. The average molecular weight is 440 g/mol. The first kappa shape index (κ1) is 21.7. The minimum Gasteiger partial charge on any atom is -0.339 e. The van der Waals surface area contributed by atoms with Crippen molar-refractivity contribution in [2.45, 2.75) is 11.4 Å². The van der Waals surface area contributed by atoms with E-state index in [1.165, 1.54) is 48.5 Å². The van der Waals surface area contributed by atoms with Crippen LogP contribution >= 0.6 is 11.6 Å². The van der Waals surface area contributed by atoms with E-state index in [0.717, 1.165) is 17.4 Å². The summed E-state index contributed by atoms with van der Waals surface area (Å²) >= 11 is 5.87. The third kappa shape index (κ3) is 5.54. The van der Waals surface area contributed by atoms with Crippen LogP contribution in [0.5, 0.6) is 0 Å². The fraction of sp³-hybridized carbons (Fsp3) is 0.350. The zero-order valence-corrected chi connectivity index (χ0v) is 17.7. The van der Waals surface area contributed by atoms with Crippen molar-refractivity contribution in [1.82, 2.24) is 14.1 Å². The zero-order chi connectivity index (χ0) is 21.0. The van der Waals surface area contributed by atoms with Crippen LogP contribution in [0.1, 0.15) is 5.56 Å². The number of sulfonamides is 1. The molecule has 0 radical (unpaired) electrons. The van der Waals surface area contributed by atoms with Crippen LogP contribution in [0.2, 0.25) is 5.02 Å². The van der Waals surface area contributed by atoms with Gasteiger partial charge in [-0.15, -0.1) is 0 Å². The normalized spacial score (nSPS) is 15.7. The highest BCUT2D eigenvalue weighted by Gasteiger charge is 2.29. The molecular weight excluding hydrogens is 417 g/mol. The van der Waals surface area contributed by atoms with Crippen molar-refractivity contribution in [2.24, 2.45) is 0 Å². The molecule has 0 atom stereocenters. The minimum absolute atomic E-state index is 0.0370. The average Bonchev–Trinajstić information content (AvgIpc) is 2.70. The third-order valence-electron chi connectivity index (χ3n) is 4.89. The van der Waals surface area contributed by atoms with Gasteiger partial charge in [-0.05, 0) is 49.0 Å². The molecule has 0 aliphatic carbocycles. The van der Waals surface area contributed by atoms with Crippen molar-refractivity contribution >= 4 is 27.5 Å². The molecule has 1 heterocycles. The topological polar surface area (TPSA) is 60.9 Å². The van der Waals surface area contributed by atoms with Crippen LogP contribution in [0.4, 0.5) is 4.39 Å². The Morgan fingerprint density at radius 3 is 2.21 bits per heavy atom. The van der Waals surface area contributed by atoms with Crippen molar-refractivity contribution in [2.75, 3.05) is 39.8 Å². The maximum absolute atomic E-state index is 13.2. The lowest BCUT2D eigenvalue weighted by molar-refractivity contribution is -0.133. The SMILES string of the molecule is CN1CCN(C(=O)CN(Cc2ccc(F)cc2)S(=O)(=O)c2ccc(Cl)cc2)CC1. The van der Waals surface area contributed by atoms with Gasteiger partial charge in [0.1, 0.15) is 5.82 Å². The molecular formula is C20H23ClFN3O3S. The summed E-state index contributed by atoms with van der Waals surface area (Å²) in [4.78, 5) is 16.7. The first-order chi connectivity index (χ1) is 13.8. The lowest BCUT2D eigenvalue weighted by Crippen LogP contribution is -2.50. The third-order valence-corrected chi connectivity index (χ3v) is 6.95. The maximum atomic E-state index is 13.2. The summed E-state index contributed by atoms with van der Waals surface area (Å²) in [5, 5.41) is 0.419. The monoisotopic (exact) mass is 439 g/mol. The summed E-state index contributed by atoms with van der Waals surface area (Å²) in [5.41, 5.74) is 0.593.